The van der Waals surface area contributed by atoms with Crippen molar-refractivity contribution in [2.24, 2.45) is 17.8 Å². The van der Waals surface area contributed by atoms with Gasteiger partial charge in [0, 0.05) is 6.04 Å². The van der Waals surface area contributed by atoms with Gasteiger partial charge in [0.2, 0.25) is 0 Å². The first-order valence-electron chi connectivity index (χ1n) is 10.9. The number of nitrogens with one attached hydrogen (secondary N) is 1. The fourth-order valence-electron chi connectivity index (χ4n) is 4.45. The van der Waals surface area contributed by atoms with Crippen LogP contribution in [0.15, 0.2) is 0 Å². The molecule has 138 valence electrons. The van der Waals surface area contributed by atoms with Crippen LogP contribution in [0.2, 0.25) is 0 Å². The van der Waals surface area contributed by atoms with E-state index >= 15 is 0 Å². The van der Waals surface area contributed by atoms with Gasteiger partial charge in [-0.05, 0) is 43.6 Å². The zero-order chi connectivity index (χ0) is 16.9. The predicted molar refractivity (Wildman–Crippen MR) is 105 cm³/mol. The van der Waals surface area contributed by atoms with Crippen LogP contribution in [0, 0.1) is 17.8 Å². The fourth-order valence-corrected chi connectivity index (χ4v) is 4.45. The van der Waals surface area contributed by atoms with E-state index < -0.39 is 0 Å². The molecule has 1 fully saturated rings. The van der Waals surface area contributed by atoms with Gasteiger partial charge in [-0.2, -0.15) is 0 Å². The van der Waals surface area contributed by atoms with Gasteiger partial charge in [0.05, 0.1) is 0 Å². The summed E-state index contributed by atoms with van der Waals surface area (Å²) in [6.45, 7) is 10.9. The molecule has 1 N–H and O–H groups in total. The van der Waals surface area contributed by atoms with Crippen LogP contribution in [0.4, 0.5) is 0 Å². The van der Waals surface area contributed by atoms with Crippen molar-refractivity contribution in [3.8, 4) is 0 Å². The molecule has 0 bridgehead atoms. The number of hydrogen-bond acceptors (Lipinski definition) is 1. The normalized spacial score (nSPS) is 26.1. The number of rotatable bonds is 10. The summed E-state index contributed by atoms with van der Waals surface area (Å²) < 4.78 is 0. The van der Waals surface area contributed by atoms with Crippen LogP contribution in [-0.2, 0) is 0 Å². The average molecular weight is 324 g/mol. The summed E-state index contributed by atoms with van der Waals surface area (Å²) >= 11 is 0. The minimum Gasteiger partial charge on any atom is -0.314 e. The summed E-state index contributed by atoms with van der Waals surface area (Å²) in [5.41, 5.74) is 0. The largest absolute Gasteiger partial charge is 0.314 e. The Bertz CT molecular complexity index is 263. The van der Waals surface area contributed by atoms with Crippen molar-refractivity contribution < 1.29 is 0 Å². The highest BCUT2D eigenvalue weighted by Crippen LogP contribution is 2.28. The SMILES string of the molecule is CCCCCC(CC)CCC(CC)C1CC(C)CCCCCN1. The molecule has 1 heterocycles. The maximum Gasteiger partial charge on any atom is 0.00977 e. The molecule has 0 amide bonds. The Labute approximate surface area is 147 Å². The van der Waals surface area contributed by atoms with Crippen molar-refractivity contribution >= 4 is 0 Å². The Kier molecular flexibility index (Phi) is 12.1. The standard InChI is InChI=1S/C22H45N/c1-5-8-10-14-20(6-2)15-16-21(7-3)22-18-19(4)13-11-9-12-17-23-22/h19-23H,5-18H2,1-4H3. The van der Waals surface area contributed by atoms with E-state index in [-0.39, 0.29) is 0 Å². The lowest BCUT2D eigenvalue weighted by Crippen LogP contribution is -2.38. The van der Waals surface area contributed by atoms with Gasteiger partial charge in [0.15, 0.2) is 0 Å². The van der Waals surface area contributed by atoms with Crippen molar-refractivity contribution in [2.75, 3.05) is 6.54 Å². The zero-order valence-electron chi connectivity index (χ0n) is 16.7. The summed E-state index contributed by atoms with van der Waals surface area (Å²) in [4.78, 5) is 0. The van der Waals surface area contributed by atoms with Gasteiger partial charge in [0.1, 0.15) is 0 Å². The topological polar surface area (TPSA) is 12.0 Å². The van der Waals surface area contributed by atoms with Crippen molar-refractivity contribution in [3.05, 3.63) is 0 Å². The predicted octanol–water partition coefficient (Wildman–Crippen LogP) is 6.96. The summed E-state index contributed by atoms with van der Waals surface area (Å²) in [6.07, 6.45) is 18.5. The molecule has 1 aliphatic heterocycles. The van der Waals surface area contributed by atoms with Crippen LogP contribution in [0.5, 0.6) is 0 Å². The van der Waals surface area contributed by atoms with E-state index in [0.29, 0.717) is 0 Å². The molecule has 0 radical (unpaired) electrons. The molecule has 23 heavy (non-hydrogen) atoms. The quantitative estimate of drug-likeness (QED) is 0.428. The van der Waals surface area contributed by atoms with Crippen LogP contribution in [0.3, 0.4) is 0 Å². The Balaban J connectivity index is 2.45. The minimum absolute atomic E-state index is 0.779. The second kappa shape index (κ2) is 13.3. The monoisotopic (exact) mass is 323 g/mol. The molecule has 1 saturated heterocycles. The van der Waals surface area contributed by atoms with E-state index in [0.717, 1.165) is 23.8 Å². The van der Waals surface area contributed by atoms with Crippen LogP contribution in [-0.4, -0.2) is 12.6 Å². The number of unbranched alkanes of at least 4 members (excludes halogenated alkanes) is 2. The molecule has 0 aromatic rings. The van der Waals surface area contributed by atoms with Crippen LogP contribution >= 0.6 is 0 Å². The van der Waals surface area contributed by atoms with E-state index in [1.807, 2.05) is 0 Å². The molecule has 0 aromatic heterocycles. The van der Waals surface area contributed by atoms with E-state index in [9.17, 15) is 0 Å². The molecule has 0 aromatic carbocycles. The molecular weight excluding hydrogens is 278 g/mol. The van der Waals surface area contributed by atoms with Gasteiger partial charge in [0.25, 0.3) is 0 Å². The Morgan fingerprint density at radius 2 is 1.74 bits per heavy atom. The molecule has 1 rings (SSSR count). The van der Waals surface area contributed by atoms with E-state index in [1.165, 1.54) is 90.0 Å². The Morgan fingerprint density at radius 1 is 0.913 bits per heavy atom. The van der Waals surface area contributed by atoms with Gasteiger partial charge >= 0.3 is 0 Å². The third-order valence-electron chi connectivity index (χ3n) is 6.27. The molecule has 0 spiro atoms. The zero-order valence-corrected chi connectivity index (χ0v) is 16.7. The molecular formula is C22H45N. The van der Waals surface area contributed by atoms with Crippen LogP contribution in [0.25, 0.3) is 0 Å². The minimum atomic E-state index is 0.779. The lowest BCUT2D eigenvalue weighted by atomic mass is 9.82. The average Bonchev–Trinajstić information content (AvgIpc) is 2.66. The van der Waals surface area contributed by atoms with Crippen molar-refractivity contribution in [3.63, 3.8) is 0 Å². The molecule has 1 heteroatoms. The summed E-state index contributed by atoms with van der Waals surface area (Å²) in [7, 11) is 0. The Morgan fingerprint density at radius 3 is 2.43 bits per heavy atom. The van der Waals surface area contributed by atoms with Gasteiger partial charge in [-0.3, -0.25) is 0 Å². The van der Waals surface area contributed by atoms with E-state index in [1.54, 1.807) is 0 Å². The van der Waals surface area contributed by atoms with E-state index in [2.05, 4.69) is 33.0 Å². The molecule has 4 unspecified atom stereocenters. The fraction of sp³-hybridized carbons (Fsp3) is 1.00. The van der Waals surface area contributed by atoms with Crippen LogP contribution < -0.4 is 5.32 Å². The second-order valence-corrected chi connectivity index (χ2v) is 8.27. The number of hydrogen-bond donors (Lipinski definition) is 1. The first-order valence-corrected chi connectivity index (χ1v) is 10.9. The third-order valence-corrected chi connectivity index (χ3v) is 6.27. The maximum absolute atomic E-state index is 3.94. The molecule has 4 atom stereocenters. The molecule has 0 aliphatic carbocycles. The van der Waals surface area contributed by atoms with Gasteiger partial charge in [-0.15, -0.1) is 0 Å². The maximum atomic E-state index is 3.94. The summed E-state index contributed by atoms with van der Waals surface area (Å²) in [6, 6.07) is 0.779. The molecule has 1 nitrogen and oxygen atoms in total. The van der Waals surface area contributed by atoms with Crippen LogP contribution in [0.1, 0.15) is 111 Å². The highest BCUT2D eigenvalue weighted by atomic mass is 14.9. The lowest BCUT2D eigenvalue weighted by Gasteiger charge is -2.30. The summed E-state index contributed by atoms with van der Waals surface area (Å²) in [5, 5.41) is 3.94. The summed E-state index contributed by atoms with van der Waals surface area (Å²) in [5.74, 6) is 2.78. The second-order valence-electron chi connectivity index (χ2n) is 8.27. The van der Waals surface area contributed by atoms with E-state index in [4.69, 9.17) is 0 Å². The van der Waals surface area contributed by atoms with Gasteiger partial charge in [-0.25, -0.2) is 0 Å². The first-order chi connectivity index (χ1) is 11.2. The first kappa shape index (κ1) is 21.0. The molecule has 1 aliphatic rings. The van der Waals surface area contributed by atoms with Crippen molar-refractivity contribution in [2.45, 2.75) is 117 Å². The van der Waals surface area contributed by atoms with Gasteiger partial charge < -0.3 is 5.32 Å². The highest BCUT2D eigenvalue weighted by Gasteiger charge is 2.23. The lowest BCUT2D eigenvalue weighted by molar-refractivity contribution is 0.255. The van der Waals surface area contributed by atoms with Gasteiger partial charge in [-0.1, -0.05) is 91.9 Å². The van der Waals surface area contributed by atoms with Crippen molar-refractivity contribution in [1.82, 2.24) is 5.32 Å². The third kappa shape index (κ3) is 9.13. The smallest absolute Gasteiger partial charge is 0.00977 e. The Hall–Kier alpha value is -0.0400. The van der Waals surface area contributed by atoms with Crippen molar-refractivity contribution in [1.29, 1.82) is 0 Å². The molecule has 0 saturated carbocycles. The highest BCUT2D eigenvalue weighted by molar-refractivity contribution is 4.80.